The molecular weight excluding hydrogens is 414 g/mol. The first kappa shape index (κ1) is 19.0. The molecule has 3 saturated heterocycles. The molecule has 6 rings (SSSR count). The first-order valence-electron chi connectivity index (χ1n) is 10.7. The molecule has 0 bridgehead atoms. The summed E-state index contributed by atoms with van der Waals surface area (Å²) in [7, 11) is 0. The van der Waals surface area contributed by atoms with Crippen LogP contribution in [0.1, 0.15) is 29.5 Å². The minimum atomic E-state index is -1.16. The van der Waals surface area contributed by atoms with Crippen LogP contribution >= 0.6 is 11.6 Å². The largest absolute Gasteiger partial charge is 0.324 e. The topological polar surface area (TPSA) is 69.7 Å². The van der Waals surface area contributed by atoms with Gasteiger partial charge in [-0.1, -0.05) is 35.4 Å². The van der Waals surface area contributed by atoms with Gasteiger partial charge in [-0.2, -0.15) is 0 Å². The van der Waals surface area contributed by atoms with Gasteiger partial charge in [0, 0.05) is 16.6 Å². The molecule has 3 amide bonds. The van der Waals surface area contributed by atoms with Crippen molar-refractivity contribution in [2.45, 2.75) is 38.3 Å². The number of carbonyl (C=O) groups excluding carboxylic acids is 3. The zero-order valence-corrected chi connectivity index (χ0v) is 18.1. The number of anilines is 2. The van der Waals surface area contributed by atoms with Crippen molar-refractivity contribution in [2.24, 2.45) is 11.8 Å². The summed E-state index contributed by atoms with van der Waals surface area (Å²) in [4.78, 5) is 44.6. The highest BCUT2D eigenvalue weighted by molar-refractivity contribution is 6.32. The fourth-order valence-electron chi connectivity index (χ4n) is 6.34. The second kappa shape index (κ2) is 6.17. The van der Waals surface area contributed by atoms with E-state index in [0.717, 1.165) is 29.5 Å². The standard InChI is InChI=1S/C24H22ClN3O3/c1-12-5-7-14(8-6-12)28-21(29)18-17-4-3-11-27(17)24(19(18)22(28)30)15-9-10-16(25)13(2)20(15)26-23(24)31/h5-10,17-19H,3-4,11H2,1-2H3,(H,26,31)/t17-,18+,19+,24-/m1/s1. The van der Waals surface area contributed by atoms with Crippen molar-refractivity contribution in [3.05, 3.63) is 58.1 Å². The number of aryl methyl sites for hydroxylation is 1. The van der Waals surface area contributed by atoms with Gasteiger partial charge < -0.3 is 5.32 Å². The molecule has 2 aromatic rings. The van der Waals surface area contributed by atoms with Crippen LogP contribution in [0.3, 0.4) is 0 Å². The summed E-state index contributed by atoms with van der Waals surface area (Å²) in [6.07, 6.45) is 1.70. The van der Waals surface area contributed by atoms with Crippen LogP contribution in [-0.2, 0) is 19.9 Å². The summed E-state index contributed by atoms with van der Waals surface area (Å²) in [5.74, 6) is -1.97. The molecule has 0 aromatic heterocycles. The van der Waals surface area contributed by atoms with Gasteiger partial charge in [0.2, 0.25) is 17.7 Å². The lowest BCUT2D eigenvalue weighted by Gasteiger charge is -2.36. The van der Waals surface area contributed by atoms with Gasteiger partial charge in [0.15, 0.2) is 0 Å². The molecule has 0 saturated carbocycles. The van der Waals surface area contributed by atoms with Gasteiger partial charge in [-0.3, -0.25) is 19.3 Å². The zero-order chi connectivity index (χ0) is 21.7. The molecule has 31 heavy (non-hydrogen) atoms. The van der Waals surface area contributed by atoms with Crippen molar-refractivity contribution >= 4 is 40.7 Å². The number of hydrogen-bond acceptors (Lipinski definition) is 4. The van der Waals surface area contributed by atoms with Gasteiger partial charge >= 0.3 is 0 Å². The molecule has 158 valence electrons. The Kier molecular flexibility index (Phi) is 3.79. The van der Waals surface area contributed by atoms with Crippen LogP contribution in [0.4, 0.5) is 11.4 Å². The summed E-state index contributed by atoms with van der Waals surface area (Å²) in [6.45, 7) is 4.52. The lowest BCUT2D eigenvalue weighted by Crippen LogP contribution is -2.54. The highest BCUT2D eigenvalue weighted by Gasteiger charge is 2.74. The van der Waals surface area contributed by atoms with E-state index < -0.39 is 17.4 Å². The highest BCUT2D eigenvalue weighted by Crippen LogP contribution is 2.61. The number of carbonyl (C=O) groups is 3. The molecular formula is C24H22ClN3O3. The Morgan fingerprint density at radius 3 is 2.52 bits per heavy atom. The molecule has 7 heteroatoms. The minimum absolute atomic E-state index is 0.121. The Hall–Kier alpha value is -2.70. The second-order valence-corrected chi connectivity index (χ2v) is 9.48. The van der Waals surface area contributed by atoms with Gasteiger partial charge in [-0.05, 0) is 57.0 Å². The maximum absolute atomic E-state index is 13.9. The van der Waals surface area contributed by atoms with Crippen LogP contribution in [0.2, 0.25) is 5.02 Å². The van der Waals surface area contributed by atoms with Gasteiger partial charge in [-0.15, -0.1) is 0 Å². The number of nitrogens with zero attached hydrogens (tertiary/aromatic N) is 2. The number of halogens is 1. The second-order valence-electron chi connectivity index (χ2n) is 9.07. The van der Waals surface area contributed by atoms with Crippen LogP contribution in [0.15, 0.2) is 36.4 Å². The van der Waals surface area contributed by atoms with Gasteiger partial charge in [-0.25, -0.2) is 4.90 Å². The number of amides is 3. The Balaban J connectivity index is 1.56. The van der Waals surface area contributed by atoms with E-state index in [1.165, 1.54) is 4.90 Å². The quantitative estimate of drug-likeness (QED) is 0.697. The number of hydrogen-bond donors (Lipinski definition) is 1. The number of imide groups is 1. The van der Waals surface area contributed by atoms with E-state index in [1.807, 2.05) is 32.0 Å². The van der Waals surface area contributed by atoms with Crippen molar-refractivity contribution in [1.29, 1.82) is 0 Å². The summed E-state index contributed by atoms with van der Waals surface area (Å²) in [6, 6.07) is 10.9. The third-order valence-electron chi connectivity index (χ3n) is 7.65. The molecule has 2 aromatic carbocycles. The normalized spacial score (nSPS) is 31.4. The van der Waals surface area contributed by atoms with Crippen LogP contribution in [0.5, 0.6) is 0 Å². The molecule has 1 N–H and O–H groups in total. The fourth-order valence-corrected chi connectivity index (χ4v) is 6.50. The zero-order valence-electron chi connectivity index (χ0n) is 17.3. The van der Waals surface area contributed by atoms with Crippen LogP contribution in [0, 0.1) is 25.7 Å². The molecule has 0 aliphatic carbocycles. The molecule has 1 spiro atoms. The maximum atomic E-state index is 13.9. The van der Waals surface area contributed by atoms with Crippen LogP contribution in [-0.4, -0.2) is 35.2 Å². The van der Waals surface area contributed by atoms with Crippen LogP contribution in [0.25, 0.3) is 0 Å². The lowest BCUT2D eigenvalue weighted by molar-refractivity contribution is -0.135. The molecule has 3 fully saturated rings. The molecule has 4 atom stereocenters. The molecule has 4 aliphatic rings. The third-order valence-corrected chi connectivity index (χ3v) is 8.06. The Morgan fingerprint density at radius 1 is 1.03 bits per heavy atom. The minimum Gasteiger partial charge on any atom is -0.324 e. The number of fused-ring (bicyclic) bond motifs is 7. The first-order chi connectivity index (χ1) is 14.9. The highest BCUT2D eigenvalue weighted by atomic mass is 35.5. The van der Waals surface area contributed by atoms with E-state index in [1.54, 1.807) is 18.2 Å². The average molecular weight is 436 g/mol. The van der Waals surface area contributed by atoms with E-state index in [2.05, 4.69) is 10.2 Å². The first-order valence-corrected chi connectivity index (χ1v) is 11.1. The Morgan fingerprint density at radius 2 is 1.77 bits per heavy atom. The third kappa shape index (κ3) is 2.14. The number of rotatable bonds is 1. The lowest BCUT2D eigenvalue weighted by atomic mass is 9.75. The molecule has 6 nitrogen and oxygen atoms in total. The average Bonchev–Trinajstić information content (AvgIpc) is 3.45. The molecule has 0 radical (unpaired) electrons. The van der Waals surface area contributed by atoms with Gasteiger partial charge in [0.1, 0.15) is 5.54 Å². The smallest absolute Gasteiger partial charge is 0.250 e. The number of nitrogens with one attached hydrogen (secondary N) is 1. The molecule has 0 unspecified atom stereocenters. The fraction of sp³-hybridized carbons (Fsp3) is 0.375. The predicted octanol–water partition coefficient (Wildman–Crippen LogP) is 3.39. The van der Waals surface area contributed by atoms with Crippen molar-refractivity contribution in [3.8, 4) is 0 Å². The van der Waals surface area contributed by atoms with Crippen molar-refractivity contribution < 1.29 is 14.4 Å². The van der Waals surface area contributed by atoms with Crippen molar-refractivity contribution in [3.63, 3.8) is 0 Å². The van der Waals surface area contributed by atoms with E-state index in [0.29, 0.717) is 22.9 Å². The summed E-state index contributed by atoms with van der Waals surface area (Å²) < 4.78 is 0. The Labute approximate surface area is 185 Å². The monoisotopic (exact) mass is 435 g/mol. The maximum Gasteiger partial charge on any atom is 0.250 e. The van der Waals surface area contributed by atoms with E-state index in [4.69, 9.17) is 11.6 Å². The van der Waals surface area contributed by atoms with E-state index in [-0.39, 0.29) is 23.8 Å². The van der Waals surface area contributed by atoms with Gasteiger partial charge in [0.05, 0.1) is 23.2 Å². The molecule has 4 heterocycles. The van der Waals surface area contributed by atoms with E-state index in [9.17, 15) is 14.4 Å². The SMILES string of the molecule is Cc1ccc(N2C(=O)[C@H]3[C@H]4CCCN4[C@@]4(C(=O)Nc5c4ccc(Cl)c5C)[C@@H]3C2=O)cc1. The number of benzene rings is 2. The Bertz CT molecular complexity index is 1180. The molecule has 4 aliphatic heterocycles. The summed E-state index contributed by atoms with van der Waals surface area (Å²) >= 11 is 6.33. The predicted molar refractivity (Wildman–Crippen MR) is 117 cm³/mol. The van der Waals surface area contributed by atoms with Gasteiger partial charge in [0.25, 0.3) is 0 Å². The van der Waals surface area contributed by atoms with Crippen molar-refractivity contribution in [1.82, 2.24) is 4.90 Å². The van der Waals surface area contributed by atoms with Crippen molar-refractivity contribution in [2.75, 3.05) is 16.8 Å². The van der Waals surface area contributed by atoms with E-state index >= 15 is 0 Å². The van der Waals surface area contributed by atoms with Crippen LogP contribution < -0.4 is 10.2 Å². The summed E-state index contributed by atoms with van der Waals surface area (Å²) in [5.41, 5.74) is 2.70. The summed E-state index contributed by atoms with van der Waals surface area (Å²) in [5, 5.41) is 3.58.